The van der Waals surface area contributed by atoms with Crippen LogP contribution in [0.2, 0.25) is 0 Å². The standard InChI is InChI=1S/C23H27N5O2/c29-21-16-24-11-13-27(21)15-14-26-12-5-10-20(26)22-25-19-9-4-3-8-18(19)23(30)28(22)17-6-1-2-7-17/h3-4,8-9,11,13,16-17,20H,1-2,5-7,10,12,14-15H2. The number of benzene rings is 1. The minimum Gasteiger partial charge on any atom is -0.311 e. The summed E-state index contributed by atoms with van der Waals surface area (Å²) in [6.45, 7) is 2.32. The van der Waals surface area contributed by atoms with Crippen molar-refractivity contribution in [1.29, 1.82) is 0 Å². The average molecular weight is 406 g/mol. The second-order valence-corrected chi connectivity index (χ2v) is 8.40. The van der Waals surface area contributed by atoms with Gasteiger partial charge in [-0.15, -0.1) is 0 Å². The van der Waals surface area contributed by atoms with Crippen LogP contribution in [0.1, 0.15) is 56.4 Å². The topological polar surface area (TPSA) is 73.0 Å². The van der Waals surface area contributed by atoms with Crippen molar-refractivity contribution in [2.75, 3.05) is 13.1 Å². The van der Waals surface area contributed by atoms with Gasteiger partial charge in [0.05, 0.1) is 23.1 Å². The maximum Gasteiger partial charge on any atom is 0.269 e. The molecule has 1 saturated carbocycles. The van der Waals surface area contributed by atoms with Crippen molar-refractivity contribution in [2.45, 2.75) is 57.2 Å². The Morgan fingerprint density at radius 1 is 1.00 bits per heavy atom. The summed E-state index contributed by atoms with van der Waals surface area (Å²) in [5, 5.41) is 0.709. The Bertz CT molecular complexity index is 1160. The van der Waals surface area contributed by atoms with Gasteiger partial charge in [-0.25, -0.2) is 4.98 Å². The molecule has 3 aromatic rings. The first-order valence-electron chi connectivity index (χ1n) is 11.0. The molecule has 1 saturated heterocycles. The summed E-state index contributed by atoms with van der Waals surface area (Å²) in [5.41, 5.74) is 0.795. The molecule has 1 aromatic carbocycles. The molecule has 1 unspecified atom stereocenters. The van der Waals surface area contributed by atoms with Gasteiger partial charge in [-0.1, -0.05) is 25.0 Å². The van der Waals surface area contributed by atoms with E-state index in [0.29, 0.717) is 11.9 Å². The van der Waals surface area contributed by atoms with Crippen molar-refractivity contribution < 1.29 is 0 Å². The number of aromatic nitrogens is 4. The van der Waals surface area contributed by atoms with Crippen LogP contribution in [-0.2, 0) is 6.54 Å². The Morgan fingerprint density at radius 3 is 2.67 bits per heavy atom. The molecule has 7 nitrogen and oxygen atoms in total. The maximum absolute atomic E-state index is 13.5. The van der Waals surface area contributed by atoms with E-state index >= 15 is 0 Å². The Kier molecular flexibility index (Phi) is 5.21. The van der Waals surface area contributed by atoms with E-state index in [1.165, 1.54) is 19.0 Å². The highest BCUT2D eigenvalue weighted by Crippen LogP contribution is 2.35. The van der Waals surface area contributed by atoms with E-state index in [4.69, 9.17) is 4.98 Å². The van der Waals surface area contributed by atoms with Crippen LogP contribution in [-0.4, -0.2) is 37.1 Å². The molecule has 1 aliphatic heterocycles. The molecular formula is C23H27N5O2. The van der Waals surface area contributed by atoms with E-state index in [-0.39, 0.29) is 23.2 Å². The van der Waals surface area contributed by atoms with Crippen molar-refractivity contribution >= 4 is 10.9 Å². The van der Waals surface area contributed by atoms with Gasteiger partial charge in [-0.2, -0.15) is 0 Å². The van der Waals surface area contributed by atoms with Crippen LogP contribution in [0, 0.1) is 0 Å². The van der Waals surface area contributed by atoms with Gasteiger partial charge in [0.1, 0.15) is 5.82 Å². The highest BCUT2D eigenvalue weighted by atomic mass is 16.1. The monoisotopic (exact) mass is 405 g/mol. The van der Waals surface area contributed by atoms with Gasteiger partial charge in [0, 0.05) is 31.5 Å². The Hall–Kier alpha value is -2.80. The number of para-hydroxylation sites is 1. The van der Waals surface area contributed by atoms with E-state index in [2.05, 4.69) is 9.88 Å². The fourth-order valence-corrected chi connectivity index (χ4v) is 5.09. The summed E-state index contributed by atoms with van der Waals surface area (Å²) in [5.74, 6) is 0.908. The van der Waals surface area contributed by atoms with Crippen LogP contribution in [0.5, 0.6) is 0 Å². The van der Waals surface area contributed by atoms with Gasteiger partial charge in [0.2, 0.25) is 0 Å². The molecule has 0 spiro atoms. The van der Waals surface area contributed by atoms with Crippen molar-refractivity contribution in [1.82, 2.24) is 24.0 Å². The summed E-state index contributed by atoms with van der Waals surface area (Å²) in [7, 11) is 0. The molecule has 3 heterocycles. The minimum atomic E-state index is -0.0834. The summed E-state index contributed by atoms with van der Waals surface area (Å²) in [6.07, 6.45) is 11.2. The molecule has 7 heteroatoms. The second-order valence-electron chi connectivity index (χ2n) is 8.40. The molecule has 156 valence electrons. The van der Waals surface area contributed by atoms with Crippen molar-refractivity contribution in [3.8, 4) is 0 Å². The number of hydrogen-bond donors (Lipinski definition) is 0. The van der Waals surface area contributed by atoms with E-state index in [9.17, 15) is 9.59 Å². The van der Waals surface area contributed by atoms with E-state index in [0.717, 1.165) is 50.1 Å². The minimum absolute atomic E-state index is 0.0834. The van der Waals surface area contributed by atoms with Gasteiger partial charge >= 0.3 is 0 Å². The molecule has 2 fully saturated rings. The lowest BCUT2D eigenvalue weighted by Crippen LogP contribution is -2.36. The molecule has 0 N–H and O–H groups in total. The largest absolute Gasteiger partial charge is 0.311 e. The van der Waals surface area contributed by atoms with Crippen molar-refractivity contribution in [2.24, 2.45) is 0 Å². The van der Waals surface area contributed by atoms with Crippen LogP contribution in [0.4, 0.5) is 0 Å². The maximum atomic E-state index is 13.5. The number of rotatable bonds is 5. The van der Waals surface area contributed by atoms with Gasteiger partial charge in [0.25, 0.3) is 11.1 Å². The van der Waals surface area contributed by atoms with Crippen molar-refractivity contribution in [3.05, 3.63) is 69.4 Å². The highest BCUT2D eigenvalue weighted by Gasteiger charge is 2.32. The summed E-state index contributed by atoms with van der Waals surface area (Å²) in [4.78, 5) is 36.8. The molecular weight excluding hydrogens is 378 g/mol. The SMILES string of the molecule is O=c1cnccn1CCN1CCCC1c1nc2ccccc2c(=O)n1C1CCCC1. The van der Waals surface area contributed by atoms with Gasteiger partial charge < -0.3 is 4.57 Å². The van der Waals surface area contributed by atoms with Gasteiger partial charge in [-0.3, -0.25) is 24.0 Å². The first-order valence-corrected chi connectivity index (χ1v) is 11.0. The Balaban J connectivity index is 1.52. The third-order valence-corrected chi connectivity index (χ3v) is 6.62. The third kappa shape index (κ3) is 3.47. The molecule has 1 aliphatic carbocycles. The van der Waals surface area contributed by atoms with E-state index < -0.39 is 0 Å². The number of likely N-dealkylation sites (tertiary alicyclic amines) is 1. The number of nitrogens with zero attached hydrogens (tertiary/aromatic N) is 5. The van der Waals surface area contributed by atoms with Crippen LogP contribution >= 0.6 is 0 Å². The molecule has 1 atom stereocenters. The lowest BCUT2D eigenvalue weighted by atomic mass is 10.1. The van der Waals surface area contributed by atoms with Crippen LogP contribution in [0.15, 0.2) is 52.4 Å². The summed E-state index contributed by atoms with van der Waals surface area (Å²) < 4.78 is 3.71. The van der Waals surface area contributed by atoms with Gasteiger partial charge in [-0.05, 0) is 44.4 Å². The molecule has 2 aliphatic rings. The predicted octanol–water partition coefficient (Wildman–Crippen LogP) is 2.91. The average Bonchev–Trinajstić information content (AvgIpc) is 3.45. The summed E-state index contributed by atoms with van der Waals surface area (Å²) >= 11 is 0. The third-order valence-electron chi connectivity index (χ3n) is 6.62. The smallest absolute Gasteiger partial charge is 0.269 e. The first kappa shape index (κ1) is 19.2. The van der Waals surface area contributed by atoms with E-state index in [1.807, 2.05) is 28.8 Å². The molecule has 0 bridgehead atoms. The molecule has 5 rings (SSSR count). The van der Waals surface area contributed by atoms with E-state index in [1.54, 1.807) is 17.0 Å². The van der Waals surface area contributed by atoms with Crippen molar-refractivity contribution in [3.63, 3.8) is 0 Å². The fraction of sp³-hybridized carbons (Fsp3) is 0.478. The first-order chi connectivity index (χ1) is 14.7. The predicted molar refractivity (Wildman–Crippen MR) is 116 cm³/mol. The zero-order valence-electron chi connectivity index (χ0n) is 17.1. The molecule has 0 radical (unpaired) electrons. The lowest BCUT2D eigenvalue weighted by Gasteiger charge is -2.28. The highest BCUT2D eigenvalue weighted by molar-refractivity contribution is 5.77. The molecule has 0 amide bonds. The Morgan fingerprint density at radius 2 is 1.83 bits per heavy atom. The quantitative estimate of drug-likeness (QED) is 0.653. The molecule has 30 heavy (non-hydrogen) atoms. The van der Waals surface area contributed by atoms with Gasteiger partial charge in [0.15, 0.2) is 0 Å². The Labute approximate surface area is 175 Å². The zero-order valence-corrected chi connectivity index (χ0v) is 17.1. The summed E-state index contributed by atoms with van der Waals surface area (Å²) in [6, 6.07) is 8.05. The van der Waals surface area contributed by atoms with Crippen LogP contribution in [0.25, 0.3) is 10.9 Å². The zero-order chi connectivity index (χ0) is 20.5. The second kappa shape index (κ2) is 8.14. The number of fused-ring (bicyclic) bond motifs is 1. The normalized spacial score (nSPS) is 20.3. The molecule has 2 aromatic heterocycles. The van der Waals surface area contributed by atoms with Crippen LogP contribution in [0.3, 0.4) is 0 Å². The number of hydrogen-bond acceptors (Lipinski definition) is 5. The lowest BCUT2D eigenvalue weighted by molar-refractivity contribution is 0.227. The fourth-order valence-electron chi connectivity index (χ4n) is 5.09. The van der Waals surface area contributed by atoms with Crippen LogP contribution < -0.4 is 11.1 Å².